The lowest BCUT2D eigenvalue weighted by Gasteiger charge is -2.37. The fraction of sp³-hybridized carbons (Fsp3) is 0.526. The summed E-state index contributed by atoms with van der Waals surface area (Å²) in [4.78, 5) is 14.6. The van der Waals surface area contributed by atoms with Crippen molar-refractivity contribution in [2.45, 2.75) is 50.7 Å². The van der Waals surface area contributed by atoms with Crippen molar-refractivity contribution in [1.29, 1.82) is 0 Å². The van der Waals surface area contributed by atoms with E-state index in [1.54, 1.807) is 0 Å². The molecule has 1 aliphatic carbocycles. The normalized spacial score (nSPS) is 22.8. The topological polar surface area (TPSA) is 68.5 Å². The van der Waals surface area contributed by atoms with Gasteiger partial charge in [-0.15, -0.1) is 10.2 Å². The molecule has 2 fully saturated rings. The Morgan fingerprint density at radius 1 is 1.20 bits per heavy atom. The molecular formula is C19H23N3O3. The third kappa shape index (κ3) is 3.58. The first kappa shape index (κ1) is 16.3. The van der Waals surface area contributed by atoms with Crippen molar-refractivity contribution in [2.24, 2.45) is 0 Å². The molecule has 0 bridgehead atoms. The van der Waals surface area contributed by atoms with Crippen LogP contribution in [0.5, 0.6) is 0 Å². The molecule has 1 saturated carbocycles. The molecule has 25 heavy (non-hydrogen) atoms. The smallest absolute Gasteiger partial charge is 0.247 e. The Morgan fingerprint density at radius 3 is 2.96 bits per heavy atom. The number of hydrogen-bond donors (Lipinski definition) is 0. The van der Waals surface area contributed by atoms with Gasteiger partial charge in [-0.25, -0.2) is 0 Å². The minimum atomic E-state index is 0.225. The molecule has 6 heteroatoms. The maximum atomic E-state index is 12.6. The van der Waals surface area contributed by atoms with Gasteiger partial charge in [-0.3, -0.25) is 4.79 Å². The summed E-state index contributed by atoms with van der Waals surface area (Å²) in [5.74, 6) is 1.35. The van der Waals surface area contributed by atoms with Gasteiger partial charge in [-0.1, -0.05) is 18.2 Å². The Kier molecular flexibility index (Phi) is 4.78. The van der Waals surface area contributed by atoms with Crippen LogP contribution in [0.15, 0.2) is 34.7 Å². The number of aryl methyl sites for hydroxylation is 1. The predicted molar refractivity (Wildman–Crippen MR) is 91.8 cm³/mol. The largest absolute Gasteiger partial charge is 0.421 e. The van der Waals surface area contributed by atoms with Crippen LogP contribution in [0.1, 0.15) is 38.0 Å². The number of carbonyl (C=O) groups excluding carboxylic acids is 1. The van der Waals surface area contributed by atoms with Crippen LogP contribution < -0.4 is 0 Å². The first-order valence-corrected chi connectivity index (χ1v) is 9.10. The van der Waals surface area contributed by atoms with Crippen molar-refractivity contribution in [3.63, 3.8) is 0 Å². The average molecular weight is 341 g/mol. The van der Waals surface area contributed by atoms with E-state index in [1.165, 1.54) is 0 Å². The summed E-state index contributed by atoms with van der Waals surface area (Å²) in [6, 6.07) is 10.0. The van der Waals surface area contributed by atoms with Gasteiger partial charge in [0.15, 0.2) is 0 Å². The summed E-state index contributed by atoms with van der Waals surface area (Å²) in [5, 5.41) is 8.18. The molecule has 6 nitrogen and oxygen atoms in total. The van der Waals surface area contributed by atoms with Crippen LogP contribution in [-0.4, -0.2) is 46.3 Å². The van der Waals surface area contributed by atoms with Crippen molar-refractivity contribution in [1.82, 2.24) is 15.1 Å². The molecule has 2 heterocycles. The van der Waals surface area contributed by atoms with Crippen LogP contribution in [0.4, 0.5) is 0 Å². The number of hydrogen-bond acceptors (Lipinski definition) is 5. The zero-order chi connectivity index (χ0) is 17.1. The number of rotatable bonds is 5. The van der Waals surface area contributed by atoms with Crippen molar-refractivity contribution >= 4 is 5.91 Å². The lowest BCUT2D eigenvalue weighted by Crippen LogP contribution is -2.51. The number of ether oxygens (including phenoxy) is 1. The van der Waals surface area contributed by atoms with E-state index in [0.29, 0.717) is 31.2 Å². The number of nitrogens with zero attached hydrogens (tertiary/aromatic N) is 3. The molecule has 2 unspecified atom stereocenters. The first-order valence-electron chi connectivity index (χ1n) is 9.10. The quantitative estimate of drug-likeness (QED) is 0.836. The van der Waals surface area contributed by atoms with E-state index in [1.807, 2.05) is 35.2 Å². The van der Waals surface area contributed by atoms with Crippen LogP contribution in [0, 0.1) is 0 Å². The van der Waals surface area contributed by atoms with E-state index >= 15 is 0 Å². The number of amides is 1. The van der Waals surface area contributed by atoms with E-state index in [2.05, 4.69) is 10.2 Å². The summed E-state index contributed by atoms with van der Waals surface area (Å²) in [5.41, 5.74) is 0.915. The molecule has 1 aliphatic heterocycles. The molecule has 1 aromatic carbocycles. The Balaban J connectivity index is 1.29. The maximum absolute atomic E-state index is 12.6. The predicted octanol–water partition coefficient (Wildman–Crippen LogP) is 2.84. The Bertz CT molecular complexity index is 716. The van der Waals surface area contributed by atoms with Crippen LogP contribution in [-0.2, 0) is 16.0 Å². The van der Waals surface area contributed by atoms with Crippen molar-refractivity contribution in [3.05, 3.63) is 36.2 Å². The fourth-order valence-electron chi connectivity index (χ4n) is 3.82. The SMILES string of the molecule is O=C(CCCc1nnc(-c2ccccc2)o1)N1CCOC2CCCC21. The number of morpholine rings is 1. The van der Waals surface area contributed by atoms with E-state index in [4.69, 9.17) is 9.15 Å². The van der Waals surface area contributed by atoms with Gasteiger partial charge in [0.05, 0.1) is 18.8 Å². The fourth-order valence-corrected chi connectivity index (χ4v) is 3.82. The van der Waals surface area contributed by atoms with Crippen molar-refractivity contribution < 1.29 is 13.9 Å². The van der Waals surface area contributed by atoms with E-state index in [9.17, 15) is 4.79 Å². The third-order valence-electron chi connectivity index (χ3n) is 5.07. The van der Waals surface area contributed by atoms with Gasteiger partial charge in [0.25, 0.3) is 0 Å². The van der Waals surface area contributed by atoms with E-state index in [-0.39, 0.29) is 18.1 Å². The Hall–Kier alpha value is -2.21. The summed E-state index contributed by atoms with van der Waals surface area (Å²) < 4.78 is 11.5. The van der Waals surface area contributed by atoms with Gasteiger partial charge in [-0.2, -0.15) is 0 Å². The lowest BCUT2D eigenvalue weighted by molar-refractivity contribution is -0.144. The first-order chi connectivity index (χ1) is 12.3. The summed E-state index contributed by atoms with van der Waals surface area (Å²) in [6.45, 7) is 1.38. The Labute approximate surface area is 147 Å². The molecule has 2 atom stereocenters. The average Bonchev–Trinajstić information content (AvgIpc) is 3.31. The maximum Gasteiger partial charge on any atom is 0.247 e. The van der Waals surface area contributed by atoms with Gasteiger partial charge in [0.2, 0.25) is 17.7 Å². The number of benzene rings is 1. The molecule has 132 valence electrons. The molecule has 2 aromatic rings. The summed E-state index contributed by atoms with van der Waals surface area (Å²) >= 11 is 0. The van der Waals surface area contributed by atoms with Gasteiger partial charge in [0.1, 0.15) is 0 Å². The lowest BCUT2D eigenvalue weighted by atomic mass is 10.1. The highest BCUT2D eigenvalue weighted by Crippen LogP contribution is 2.30. The highest BCUT2D eigenvalue weighted by Gasteiger charge is 2.37. The molecule has 4 rings (SSSR count). The van der Waals surface area contributed by atoms with Gasteiger partial charge >= 0.3 is 0 Å². The number of carbonyl (C=O) groups is 1. The van der Waals surface area contributed by atoms with Crippen LogP contribution in [0.3, 0.4) is 0 Å². The Morgan fingerprint density at radius 2 is 2.08 bits per heavy atom. The van der Waals surface area contributed by atoms with E-state index < -0.39 is 0 Å². The second-order valence-electron chi connectivity index (χ2n) is 6.72. The van der Waals surface area contributed by atoms with Crippen LogP contribution in [0.2, 0.25) is 0 Å². The number of fused-ring (bicyclic) bond motifs is 1. The number of aromatic nitrogens is 2. The van der Waals surface area contributed by atoms with Crippen molar-refractivity contribution in [3.8, 4) is 11.5 Å². The molecule has 0 radical (unpaired) electrons. The summed E-state index contributed by atoms with van der Waals surface area (Å²) in [7, 11) is 0. The zero-order valence-corrected chi connectivity index (χ0v) is 14.3. The van der Waals surface area contributed by atoms with E-state index in [0.717, 1.165) is 37.8 Å². The van der Waals surface area contributed by atoms with Gasteiger partial charge < -0.3 is 14.1 Å². The molecule has 0 spiro atoms. The standard InChI is InChI=1S/C19H23N3O3/c23-18(22-12-13-24-16-9-4-8-15(16)22)11-5-10-17-20-21-19(25-17)14-6-2-1-3-7-14/h1-3,6-7,15-16H,4-5,8-13H2. The van der Waals surface area contributed by atoms with Gasteiger partial charge in [0, 0.05) is 24.9 Å². The molecule has 2 aliphatic rings. The third-order valence-corrected chi connectivity index (χ3v) is 5.07. The minimum Gasteiger partial charge on any atom is -0.421 e. The summed E-state index contributed by atoms with van der Waals surface area (Å²) in [6.07, 6.45) is 5.44. The second kappa shape index (κ2) is 7.35. The van der Waals surface area contributed by atoms with Crippen molar-refractivity contribution in [2.75, 3.05) is 13.2 Å². The van der Waals surface area contributed by atoms with Crippen LogP contribution >= 0.6 is 0 Å². The molecule has 1 aromatic heterocycles. The second-order valence-corrected chi connectivity index (χ2v) is 6.72. The molecular weight excluding hydrogens is 318 g/mol. The molecule has 1 amide bonds. The van der Waals surface area contributed by atoms with Crippen LogP contribution in [0.25, 0.3) is 11.5 Å². The monoisotopic (exact) mass is 341 g/mol. The minimum absolute atomic E-state index is 0.225. The zero-order valence-electron chi connectivity index (χ0n) is 14.3. The molecule has 0 N–H and O–H groups in total. The molecule has 1 saturated heterocycles. The highest BCUT2D eigenvalue weighted by molar-refractivity contribution is 5.76. The van der Waals surface area contributed by atoms with Gasteiger partial charge in [-0.05, 0) is 37.8 Å². The highest BCUT2D eigenvalue weighted by atomic mass is 16.5.